The number of carbonyl (C=O) groups is 1. The van der Waals surface area contributed by atoms with Gasteiger partial charge in [-0.2, -0.15) is 11.8 Å². The van der Waals surface area contributed by atoms with Crippen LogP contribution in [0.3, 0.4) is 0 Å². The summed E-state index contributed by atoms with van der Waals surface area (Å²) in [6, 6.07) is 3.29. The molecule has 1 aliphatic rings. The molecule has 1 aromatic rings. The second-order valence-electron chi connectivity index (χ2n) is 4.84. The summed E-state index contributed by atoms with van der Waals surface area (Å²) in [5, 5.41) is 7.22. The summed E-state index contributed by atoms with van der Waals surface area (Å²) < 4.78 is 5.31. The lowest BCUT2D eigenvalue weighted by Crippen LogP contribution is -2.40. The van der Waals surface area contributed by atoms with Gasteiger partial charge in [-0.1, -0.05) is 0 Å². The fraction of sp³-hybridized carbons (Fsp3) is 0.571. The molecule has 1 atom stereocenters. The van der Waals surface area contributed by atoms with Crippen LogP contribution in [0.5, 0.6) is 0 Å². The Morgan fingerprint density at radius 1 is 1.50 bits per heavy atom. The third-order valence-electron chi connectivity index (χ3n) is 3.16. The van der Waals surface area contributed by atoms with E-state index in [1.54, 1.807) is 12.1 Å². The number of hydrogen-bond acceptors (Lipinski definition) is 4. The molecule has 1 aliphatic heterocycles. The first-order chi connectivity index (χ1) is 10.2. The number of nitrogens with one attached hydrogen (secondary N) is 2. The van der Waals surface area contributed by atoms with Crippen molar-refractivity contribution >= 4 is 47.6 Å². The van der Waals surface area contributed by atoms with Crippen LogP contribution in [0.1, 0.15) is 36.1 Å². The van der Waals surface area contributed by atoms with E-state index in [0.717, 1.165) is 19.0 Å². The molecule has 22 heavy (non-hydrogen) atoms. The van der Waals surface area contributed by atoms with Gasteiger partial charge < -0.3 is 20.8 Å². The van der Waals surface area contributed by atoms with E-state index in [2.05, 4.69) is 15.6 Å². The normalized spacial score (nSPS) is 17.9. The van der Waals surface area contributed by atoms with Crippen molar-refractivity contribution in [3.05, 3.63) is 23.7 Å². The lowest BCUT2D eigenvalue weighted by atomic mass is 10.2. The second kappa shape index (κ2) is 9.98. The molecule has 1 saturated heterocycles. The Kier molecular flexibility index (Phi) is 8.69. The first-order valence-corrected chi connectivity index (χ1v) is 8.26. The molecule has 1 aromatic heterocycles. The molecule has 0 bridgehead atoms. The minimum absolute atomic E-state index is 0. The van der Waals surface area contributed by atoms with Gasteiger partial charge in [-0.25, -0.2) is 4.99 Å². The molecule has 8 heteroatoms. The number of hydrogen-bond donors (Lipinski definition) is 3. The zero-order valence-electron chi connectivity index (χ0n) is 12.6. The zero-order chi connectivity index (χ0) is 15.1. The average molecular weight is 438 g/mol. The van der Waals surface area contributed by atoms with Gasteiger partial charge in [-0.15, -0.1) is 24.0 Å². The van der Waals surface area contributed by atoms with E-state index in [0.29, 0.717) is 17.6 Å². The van der Waals surface area contributed by atoms with Gasteiger partial charge in [0.25, 0.3) is 5.91 Å². The molecule has 4 N–H and O–H groups in total. The van der Waals surface area contributed by atoms with Gasteiger partial charge in [-0.05, 0) is 37.7 Å². The number of primary amides is 1. The van der Waals surface area contributed by atoms with Crippen LogP contribution in [-0.2, 0) is 6.54 Å². The van der Waals surface area contributed by atoms with Crippen LogP contribution in [0.2, 0.25) is 0 Å². The topological polar surface area (TPSA) is 92.6 Å². The third-order valence-corrected chi connectivity index (χ3v) is 4.56. The molecule has 1 unspecified atom stereocenters. The van der Waals surface area contributed by atoms with Crippen molar-refractivity contribution in [3.8, 4) is 0 Å². The average Bonchev–Trinajstić information content (AvgIpc) is 3.13. The monoisotopic (exact) mass is 438 g/mol. The standard InChI is InChI=1S/C14H22N4O2S.HI/c1-2-16-14(18-9-11-4-3-7-21-11)17-8-10-5-6-12(20-10)13(15)19;/h5-6,11H,2-4,7-9H2,1H3,(H2,15,19)(H2,16,17,18);1H. The highest BCUT2D eigenvalue weighted by atomic mass is 127. The maximum absolute atomic E-state index is 11.0. The first kappa shape index (κ1) is 19.1. The number of guanidine groups is 1. The van der Waals surface area contributed by atoms with Crippen molar-refractivity contribution in [1.82, 2.24) is 10.6 Å². The molecule has 0 saturated carbocycles. The molecular formula is C14H23IN4O2S. The van der Waals surface area contributed by atoms with E-state index in [-0.39, 0.29) is 29.7 Å². The summed E-state index contributed by atoms with van der Waals surface area (Å²) in [6.45, 7) is 4.12. The summed E-state index contributed by atoms with van der Waals surface area (Å²) in [7, 11) is 0. The van der Waals surface area contributed by atoms with Crippen molar-refractivity contribution in [2.45, 2.75) is 31.6 Å². The van der Waals surface area contributed by atoms with Gasteiger partial charge in [0.2, 0.25) is 0 Å². The van der Waals surface area contributed by atoms with Crippen LogP contribution < -0.4 is 16.4 Å². The van der Waals surface area contributed by atoms with E-state index < -0.39 is 5.91 Å². The smallest absolute Gasteiger partial charge is 0.284 e. The fourth-order valence-electron chi connectivity index (χ4n) is 2.11. The van der Waals surface area contributed by atoms with Crippen molar-refractivity contribution in [2.24, 2.45) is 10.7 Å². The number of nitrogens with zero attached hydrogens (tertiary/aromatic N) is 1. The van der Waals surface area contributed by atoms with Gasteiger partial charge in [0.05, 0.1) is 0 Å². The van der Waals surface area contributed by atoms with Crippen LogP contribution >= 0.6 is 35.7 Å². The molecule has 0 aliphatic carbocycles. The van der Waals surface area contributed by atoms with Gasteiger partial charge in [0, 0.05) is 18.3 Å². The maximum atomic E-state index is 11.0. The van der Waals surface area contributed by atoms with Gasteiger partial charge in [0.1, 0.15) is 12.3 Å². The molecule has 1 amide bonds. The molecule has 1 fully saturated rings. The number of thioether (sulfide) groups is 1. The minimum atomic E-state index is -0.562. The Morgan fingerprint density at radius 3 is 2.91 bits per heavy atom. The SMILES string of the molecule is CCNC(=NCc1ccc(C(N)=O)o1)NCC1CCCS1.I. The van der Waals surface area contributed by atoms with Gasteiger partial charge in [0.15, 0.2) is 11.7 Å². The number of halogens is 1. The predicted molar refractivity (Wildman–Crippen MR) is 101 cm³/mol. The summed E-state index contributed by atoms with van der Waals surface area (Å²) >= 11 is 2.01. The second-order valence-corrected chi connectivity index (χ2v) is 6.25. The molecule has 2 rings (SSSR count). The quantitative estimate of drug-likeness (QED) is 0.359. The molecule has 0 spiro atoms. The molecule has 0 radical (unpaired) electrons. The summed E-state index contributed by atoms with van der Waals surface area (Å²) in [5.41, 5.74) is 5.15. The predicted octanol–water partition coefficient (Wildman–Crippen LogP) is 1.95. The number of nitrogens with two attached hydrogens (primary N) is 1. The highest BCUT2D eigenvalue weighted by Crippen LogP contribution is 2.25. The maximum Gasteiger partial charge on any atom is 0.284 e. The summed E-state index contributed by atoms with van der Waals surface area (Å²) in [6.07, 6.45) is 2.56. The Morgan fingerprint density at radius 2 is 2.32 bits per heavy atom. The van der Waals surface area contributed by atoms with Crippen molar-refractivity contribution in [3.63, 3.8) is 0 Å². The van der Waals surface area contributed by atoms with Crippen molar-refractivity contribution in [2.75, 3.05) is 18.8 Å². The molecule has 2 heterocycles. The Balaban J connectivity index is 0.00000242. The van der Waals surface area contributed by atoms with E-state index in [1.165, 1.54) is 18.6 Å². The zero-order valence-corrected chi connectivity index (χ0v) is 15.8. The van der Waals surface area contributed by atoms with Crippen molar-refractivity contribution in [1.29, 1.82) is 0 Å². The number of carbonyl (C=O) groups excluding carboxylic acids is 1. The Labute approximate surface area is 152 Å². The summed E-state index contributed by atoms with van der Waals surface area (Å²) in [5.74, 6) is 2.25. The lowest BCUT2D eigenvalue weighted by molar-refractivity contribution is 0.0972. The lowest BCUT2D eigenvalue weighted by Gasteiger charge is -2.14. The number of amides is 1. The van der Waals surface area contributed by atoms with Crippen LogP contribution in [-0.4, -0.2) is 36.0 Å². The molecule has 6 nitrogen and oxygen atoms in total. The van der Waals surface area contributed by atoms with Crippen LogP contribution in [0, 0.1) is 0 Å². The Bertz CT molecular complexity index is 501. The largest absolute Gasteiger partial charge is 0.454 e. The Hall–Kier alpha value is -0.900. The van der Waals surface area contributed by atoms with E-state index in [1.807, 2.05) is 18.7 Å². The van der Waals surface area contributed by atoms with E-state index in [4.69, 9.17) is 10.2 Å². The number of rotatable bonds is 6. The first-order valence-electron chi connectivity index (χ1n) is 7.21. The van der Waals surface area contributed by atoms with Gasteiger partial charge >= 0.3 is 0 Å². The number of aliphatic imine (C=N–C) groups is 1. The van der Waals surface area contributed by atoms with Crippen LogP contribution in [0.15, 0.2) is 21.5 Å². The van der Waals surface area contributed by atoms with E-state index >= 15 is 0 Å². The highest BCUT2D eigenvalue weighted by molar-refractivity contribution is 14.0. The van der Waals surface area contributed by atoms with Crippen molar-refractivity contribution < 1.29 is 9.21 Å². The molecule has 0 aromatic carbocycles. The van der Waals surface area contributed by atoms with Gasteiger partial charge in [-0.3, -0.25) is 4.79 Å². The highest BCUT2D eigenvalue weighted by Gasteiger charge is 2.15. The number of furan rings is 1. The fourth-order valence-corrected chi connectivity index (χ4v) is 3.31. The summed E-state index contributed by atoms with van der Waals surface area (Å²) in [4.78, 5) is 15.4. The third kappa shape index (κ3) is 6.07. The minimum Gasteiger partial charge on any atom is -0.454 e. The van der Waals surface area contributed by atoms with Crippen LogP contribution in [0.4, 0.5) is 0 Å². The van der Waals surface area contributed by atoms with E-state index in [9.17, 15) is 4.79 Å². The molecule has 124 valence electrons. The van der Waals surface area contributed by atoms with Crippen LogP contribution in [0.25, 0.3) is 0 Å². The molecular weight excluding hydrogens is 415 g/mol.